The Morgan fingerprint density at radius 2 is 1.93 bits per heavy atom. The number of ether oxygens (including phenoxy) is 1. The van der Waals surface area contributed by atoms with Gasteiger partial charge in [0.05, 0.1) is 11.1 Å². The van der Waals surface area contributed by atoms with Gasteiger partial charge in [0.25, 0.3) is 0 Å². The largest absolute Gasteiger partial charge is 0.492 e. The van der Waals surface area contributed by atoms with Crippen LogP contribution in [0.5, 0.6) is 5.75 Å². The van der Waals surface area contributed by atoms with Crippen molar-refractivity contribution in [1.29, 1.82) is 0 Å². The molecule has 0 aromatic heterocycles. The molecule has 3 heterocycles. The quantitative estimate of drug-likeness (QED) is 0.731. The maximum atomic E-state index is 13.7. The zero-order valence-electron chi connectivity index (χ0n) is 17.0. The zero-order chi connectivity index (χ0) is 20.9. The van der Waals surface area contributed by atoms with E-state index in [9.17, 15) is 13.6 Å². The predicted molar refractivity (Wildman–Crippen MR) is 105 cm³/mol. The number of alkyl halides is 2. The number of nitrogens with zero attached hydrogens (tertiary/aromatic N) is 2. The molecule has 5 nitrogen and oxygen atoms in total. The lowest BCUT2D eigenvalue weighted by Gasteiger charge is -2.46. The Morgan fingerprint density at radius 3 is 2.70 bits per heavy atom. The normalized spacial score (nSPS) is 33.1. The Morgan fingerprint density at radius 1 is 1.17 bits per heavy atom. The summed E-state index contributed by atoms with van der Waals surface area (Å²) in [7, 11) is 0. The highest BCUT2D eigenvalue weighted by Crippen LogP contribution is 2.59. The molecule has 1 fully saturated rings. The van der Waals surface area contributed by atoms with Crippen LogP contribution in [-0.2, 0) is 10.2 Å². The van der Waals surface area contributed by atoms with Crippen LogP contribution in [0.4, 0.5) is 8.78 Å². The lowest BCUT2D eigenvalue weighted by molar-refractivity contribution is -0.119. The van der Waals surface area contributed by atoms with Gasteiger partial charge in [0.2, 0.25) is 5.92 Å². The van der Waals surface area contributed by atoms with Crippen molar-refractivity contribution in [2.24, 2.45) is 21.6 Å². The van der Waals surface area contributed by atoms with Gasteiger partial charge >= 0.3 is 0 Å². The summed E-state index contributed by atoms with van der Waals surface area (Å²) in [5, 5.41) is 12.3. The van der Waals surface area contributed by atoms with Gasteiger partial charge in [0.1, 0.15) is 12.4 Å². The van der Waals surface area contributed by atoms with E-state index in [-0.39, 0.29) is 36.6 Å². The highest BCUT2D eigenvalue weighted by molar-refractivity contribution is 6.02. The second-order valence-electron chi connectivity index (χ2n) is 10.0. The second kappa shape index (κ2) is 5.56. The van der Waals surface area contributed by atoms with Gasteiger partial charge in [-0.3, -0.25) is 4.79 Å². The summed E-state index contributed by atoms with van der Waals surface area (Å²) in [6.07, 6.45) is 0.296. The van der Waals surface area contributed by atoms with Gasteiger partial charge in [-0.05, 0) is 17.9 Å². The first-order chi connectivity index (χ1) is 14.2. The van der Waals surface area contributed by atoms with Crippen molar-refractivity contribution in [3.05, 3.63) is 52.4 Å². The van der Waals surface area contributed by atoms with Crippen LogP contribution in [0.1, 0.15) is 45.1 Å². The standard InChI is InChI=1S/C23H23F2N3O2/c1-21(2)9-14-17(15(29)10-21)23(11-30-16-6-4-3-5-13(16)23)18-19(27-28-20(18)26-14)12-7-22(24,25)8-12/h3-6,12,20,26H,7-11H2,1-2H3/t20?,23-/m0/s1. The summed E-state index contributed by atoms with van der Waals surface area (Å²) in [4.78, 5) is 13.5. The van der Waals surface area contributed by atoms with Gasteiger partial charge in [-0.1, -0.05) is 32.0 Å². The molecule has 1 spiro atoms. The molecule has 1 aromatic carbocycles. The predicted octanol–water partition coefficient (Wildman–Crippen LogP) is 4.65. The number of allylic oxidation sites excluding steroid dienone is 2. The number of carbonyl (C=O) groups excluding carboxylic acids is 1. The molecule has 1 N–H and O–H groups in total. The number of Topliss-reactive ketones (excluding diaryl/α,β-unsaturated/α-hetero) is 1. The van der Waals surface area contributed by atoms with Crippen LogP contribution in [0.15, 0.2) is 57.0 Å². The number of benzene rings is 1. The summed E-state index contributed by atoms with van der Waals surface area (Å²) < 4.78 is 33.5. The second-order valence-corrected chi connectivity index (χ2v) is 10.0. The third-order valence-electron chi connectivity index (χ3n) is 7.17. The molecule has 1 aromatic rings. The van der Waals surface area contributed by atoms with E-state index in [0.717, 1.165) is 29.0 Å². The van der Waals surface area contributed by atoms with Gasteiger partial charge in [-0.2, -0.15) is 10.2 Å². The first-order valence-corrected chi connectivity index (χ1v) is 10.5. The molecule has 30 heavy (non-hydrogen) atoms. The van der Waals surface area contributed by atoms with Crippen LogP contribution < -0.4 is 10.1 Å². The highest BCUT2D eigenvalue weighted by atomic mass is 19.3. The SMILES string of the molecule is CC1(C)CC(=O)C2=C(C1)NC1N=NC(C3CC(F)(F)C3)=C1[C@]21COc2ccccc21. The summed E-state index contributed by atoms with van der Waals surface area (Å²) >= 11 is 0. The first kappa shape index (κ1) is 18.2. The fourth-order valence-electron chi connectivity index (χ4n) is 5.96. The number of halogens is 2. The number of para-hydroxylation sites is 1. The van der Waals surface area contributed by atoms with E-state index in [1.165, 1.54) is 0 Å². The Hall–Kier alpha value is -2.57. The van der Waals surface area contributed by atoms with Crippen molar-refractivity contribution < 1.29 is 18.3 Å². The van der Waals surface area contributed by atoms with Gasteiger partial charge in [-0.25, -0.2) is 8.78 Å². The average molecular weight is 411 g/mol. The maximum Gasteiger partial charge on any atom is 0.249 e. The molecule has 1 saturated carbocycles. The van der Waals surface area contributed by atoms with Crippen LogP contribution >= 0.6 is 0 Å². The third kappa shape index (κ3) is 2.29. The fourth-order valence-corrected chi connectivity index (χ4v) is 5.96. The van der Waals surface area contributed by atoms with Gasteiger partial charge in [-0.15, -0.1) is 0 Å². The summed E-state index contributed by atoms with van der Waals surface area (Å²) in [5.41, 5.74) is 3.02. The summed E-state index contributed by atoms with van der Waals surface area (Å²) in [5.74, 6) is -2.17. The fraction of sp³-hybridized carbons (Fsp3) is 0.522. The minimum Gasteiger partial charge on any atom is -0.492 e. The number of nitrogens with one attached hydrogen (secondary N) is 1. The smallest absolute Gasteiger partial charge is 0.249 e. The van der Waals surface area contributed by atoms with Gasteiger partial charge in [0, 0.05) is 47.6 Å². The van der Waals surface area contributed by atoms with E-state index in [4.69, 9.17) is 4.74 Å². The summed E-state index contributed by atoms with van der Waals surface area (Å²) in [6.45, 7) is 4.46. The van der Waals surface area contributed by atoms with Crippen molar-refractivity contribution in [2.75, 3.05) is 6.61 Å². The molecule has 6 rings (SSSR count). The Bertz CT molecular complexity index is 1080. The van der Waals surface area contributed by atoms with Crippen LogP contribution in [0.3, 0.4) is 0 Å². The molecule has 0 radical (unpaired) electrons. The molecule has 7 heteroatoms. The van der Waals surface area contributed by atoms with Crippen LogP contribution in [-0.4, -0.2) is 24.5 Å². The molecule has 3 aliphatic heterocycles. The average Bonchev–Trinajstić information content (AvgIpc) is 3.21. The minimum absolute atomic E-state index is 0.0881. The Labute approximate surface area is 173 Å². The van der Waals surface area contributed by atoms with E-state index >= 15 is 0 Å². The summed E-state index contributed by atoms with van der Waals surface area (Å²) in [6, 6.07) is 7.73. The number of fused-ring (bicyclic) bond motifs is 5. The maximum absolute atomic E-state index is 13.7. The van der Waals surface area contributed by atoms with Crippen molar-refractivity contribution in [3.8, 4) is 5.75 Å². The van der Waals surface area contributed by atoms with E-state index in [1.54, 1.807) is 0 Å². The molecule has 1 unspecified atom stereocenters. The van der Waals surface area contributed by atoms with E-state index in [2.05, 4.69) is 29.4 Å². The number of hydrogen-bond donors (Lipinski definition) is 1. The van der Waals surface area contributed by atoms with E-state index in [0.29, 0.717) is 17.7 Å². The van der Waals surface area contributed by atoms with Gasteiger partial charge in [0.15, 0.2) is 11.9 Å². The Kier molecular flexibility index (Phi) is 3.38. The molecule has 156 valence electrons. The molecule has 2 aliphatic carbocycles. The van der Waals surface area contributed by atoms with Crippen LogP contribution in [0.2, 0.25) is 0 Å². The zero-order valence-corrected chi connectivity index (χ0v) is 17.0. The molecule has 5 aliphatic rings. The molecule has 2 atom stereocenters. The minimum atomic E-state index is -2.65. The van der Waals surface area contributed by atoms with Crippen molar-refractivity contribution in [1.82, 2.24) is 5.32 Å². The molecule has 0 bridgehead atoms. The van der Waals surface area contributed by atoms with Crippen molar-refractivity contribution in [3.63, 3.8) is 0 Å². The van der Waals surface area contributed by atoms with Crippen molar-refractivity contribution in [2.45, 2.75) is 57.0 Å². The molecule has 0 amide bonds. The van der Waals surface area contributed by atoms with Crippen molar-refractivity contribution >= 4 is 5.78 Å². The highest BCUT2D eigenvalue weighted by Gasteiger charge is 2.60. The first-order valence-electron chi connectivity index (χ1n) is 10.5. The lowest BCUT2D eigenvalue weighted by Crippen LogP contribution is -2.53. The van der Waals surface area contributed by atoms with E-state index in [1.807, 2.05) is 24.3 Å². The third-order valence-corrected chi connectivity index (χ3v) is 7.17. The monoisotopic (exact) mass is 411 g/mol. The number of hydrogen-bond acceptors (Lipinski definition) is 5. The number of rotatable bonds is 1. The molecule has 0 saturated heterocycles. The molecular weight excluding hydrogens is 388 g/mol. The topological polar surface area (TPSA) is 63.0 Å². The number of ketones is 1. The molecular formula is C23H23F2N3O2. The van der Waals surface area contributed by atoms with Crippen LogP contribution in [0.25, 0.3) is 0 Å². The lowest BCUT2D eigenvalue weighted by atomic mass is 9.59. The van der Waals surface area contributed by atoms with Crippen LogP contribution in [0, 0.1) is 11.3 Å². The Balaban J connectivity index is 1.60. The van der Waals surface area contributed by atoms with E-state index < -0.39 is 17.5 Å². The number of azo groups is 1. The van der Waals surface area contributed by atoms with Gasteiger partial charge < -0.3 is 10.1 Å². The number of carbonyl (C=O) groups is 1.